The van der Waals surface area contributed by atoms with Gasteiger partial charge in [0.15, 0.2) is 0 Å². The first-order valence-corrected chi connectivity index (χ1v) is 7.07. The molecule has 5 heteroatoms. The number of hydrogen-bond acceptors (Lipinski definition) is 1. The Morgan fingerprint density at radius 3 is 2.61 bits per heavy atom. The predicted molar refractivity (Wildman–Crippen MR) is 67.8 cm³/mol. The largest absolute Gasteiger partial charge is 0.416 e. The van der Waals surface area contributed by atoms with Crippen molar-refractivity contribution in [1.29, 1.82) is 0 Å². The summed E-state index contributed by atoms with van der Waals surface area (Å²) in [7, 11) is 0. The van der Waals surface area contributed by atoms with Gasteiger partial charge in [-0.3, -0.25) is 4.98 Å². The van der Waals surface area contributed by atoms with Crippen LogP contribution in [0.4, 0.5) is 13.2 Å². The molecular formula is C13H15BrF3N. The van der Waals surface area contributed by atoms with Gasteiger partial charge in [-0.25, -0.2) is 0 Å². The van der Waals surface area contributed by atoms with Crippen LogP contribution in [0.5, 0.6) is 0 Å². The number of nitrogens with zero attached hydrogens (tertiary/aromatic N) is 1. The summed E-state index contributed by atoms with van der Waals surface area (Å²) in [4.78, 5) is 3.99. The van der Waals surface area contributed by atoms with Gasteiger partial charge in [-0.2, -0.15) is 13.2 Å². The Labute approximate surface area is 113 Å². The highest BCUT2D eigenvalue weighted by molar-refractivity contribution is 9.09. The Kier molecular flexibility index (Phi) is 4.30. The highest BCUT2D eigenvalue weighted by Crippen LogP contribution is 2.41. The van der Waals surface area contributed by atoms with Crippen LogP contribution in [0.15, 0.2) is 18.5 Å². The number of aromatic nitrogens is 1. The van der Waals surface area contributed by atoms with Crippen LogP contribution in [0, 0.1) is 0 Å². The lowest BCUT2D eigenvalue weighted by Gasteiger charge is -2.23. The summed E-state index contributed by atoms with van der Waals surface area (Å²) in [6, 6.07) is 1.08. The second-order valence-corrected chi connectivity index (χ2v) is 5.90. The van der Waals surface area contributed by atoms with Crippen molar-refractivity contribution in [2.24, 2.45) is 0 Å². The molecule has 0 aromatic carbocycles. The summed E-state index contributed by atoms with van der Waals surface area (Å²) >= 11 is 3.55. The second kappa shape index (κ2) is 5.59. The lowest BCUT2D eigenvalue weighted by Crippen LogP contribution is -2.17. The molecule has 2 rings (SSSR count). The van der Waals surface area contributed by atoms with Crippen molar-refractivity contribution in [2.45, 2.75) is 49.0 Å². The van der Waals surface area contributed by atoms with Crippen molar-refractivity contribution < 1.29 is 13.2 Å². The maximum absolute atomic E-state index is 13.0. The molecule has 0 aliphatic heterocycles. The van der Waals surface area contributed by atoms with Crippen molar-refractivity contribution in [1.82, 2.24) is 4.98 Å². The van der Waals surface area contributed by atoms with E-state index in [4.69, 9.17) is 0 Å². The molecular weight excluding hydrogens is 307 g/mol. The molecule has 1 aliphatic carbocycles. The summed E-state index contributed by atoms with van der Waals surface area (Å²) < 4.78 is 39.0. The Morgan fingerprint density at radius 2 is 1.89 bits per heavy atom. The summed E-state index contributed by atoms with van der Waals surface area (Å²) in [5.74, 6) is -0.0853. The molecule has 0 saturated heterocycles. The first kappa shape index (κ1) is 13.8. The van der Waals surface area contributed by atoms with E-state index in [-0.39, 0.29) is 10.7 Å². The molecule has 1 aliphatic rings. The maximum atomic E-state index is 13.0. The zero-order valence-electron chi connectivity index (χ0n) is 9.88. The van der Waals surface area contributed by atoms with Crippen molar-refractivity contribution in [2.75, 3.05) is 0 Å². The van der Waals surface area contributed by atoms with Gasteiger partial charge in [0.1, 0.15) is 0 Å². The van der Waals surface area contributed by atoms with E-state index in [1.807, 2.05) is 0 Å². The average Bonchev–Trinajstić information content (AvgIpc) is 2.53. The van der Waals surface area contributed by atoms with Crippen molar-refractivity contribution in [3.05, 3.63) is 29.6 Å². The molecule has 2 unspecified atom stereocenters. The highest BCUT2D eigenvalue weighted by Gasteiger charge is 2.36. The lowest BCUT2D eigenvalue weighted by molar-refractivity contribution is -0.138. The minimum absolute atomic E-state index is 0.0853. The summed E-state index contributed by atoms with van der Waals surface area (Å²) in [5, 5.41) is 0. The summed E-state index contributed by atoms with van der Waals surface area (Å²) in [6.45, 7) is 0. The van der Waals surface area contributed by atoms with Crippen molar-refractivity contribution >= 4 is 15.9 Å². The van der Waals surface area contributed by atoms with Crippen LogP contribution in [-0.2, 0) is 6.18 Å². The predicted octanol–water partition coefficient (Wildman–Crippen LogP) is 4.91. The molecule has 18 heavy (non-hydrogen) atoms. The van der Waals surface area contributed by atoms with Crippen LogP contribution >= 0.6 is 15.9 Å². The van der Waals surface area contributed by atoms with Gasteiger partial charge in [0.2, 0.25) is 0 Å². The number of pyridine rings is 1. The summed E-state index contributed by atoms with van der Waals surface area (Å²) in [6.07, 6.45) is 3.19. The quantitative estimate of drug-likeness (QED) is 0.529. The highest BCUT2D eigenvalue weighted by atomic mass is 79.9. The van der Waals surface area contributed by atoms with E-state index < -0.39 is 11.7 Å². The third kappa shape index (κ3) is 3.05. The van der Waals surface area contributed by atoms with Gasteiger partial charge >= 0.3 is 6.18 Å². The van der Waals surface area contributed by atoms with E-state index in [0.29, 0.717) is 5.56 Å². The molecule has 100 valence electrons. The third-order valence-electron chi connectivity index (χ3n) is 3.49. The number of halogens is 4. The van der Waals surface area contributed by atoms with Crippen LogP contribution in [0.2, 0.25) is 0 Å². The fourth-order valence-electron chi connectivity index (χ4n) is 2.57. The number of alkyl halides is 4. The first-order valence-electron chi connectivity index (χ1n) is 6.15. The molecule has 0 spiro atoms. The molecule has 0 radical (unpaired) electrons. The van der Waals surface area contributed by atoms with Gasteiger partial charge < -0.3 is 0 Å². The fourth-order valence-corrected chi connectivity index (χ4v) is 3.45. The molecule has 2 atom stereocenters. The van der Waals surface area contributed by atoms with Crippen molar-refractivity contribution in [3.63, 3.8) is 0 Å². The molecule has 1 aromatic heterocycles. The van der Waals surface area contributed by atoms with E-state index in [2.05, 4.69) is 20.9 Å². The smallest absolute Gasteiger partial charge is 0.264 e. The Balaban J connectivity index is 2.37. The molecule has 1 saturated carbocycles. The van der Waals surface area contributed by atoms with Gasteiger partial charge in [0, 0.05) is 17.2 Å². The zero-order valence-corrected chi connectivity index (χ0v) is 11.5. The molecule has 1 heterocycles. The van der Waals surface area contributed by atoms with E-state index in [9.17, 15) is 13.2 Å². The molecule has 0 amide bonds. The monoisotopic (exact) mass is 321 g/mol. The van der Waals surface area contributed by atoms with Gasteiger partial charge in [0.05, 0.1) is 5.56 Å². The SMILES string of the molecule is FC(F)(F)c1ccncc1C1CCCCCC1Br. The Hall–Kier alpha value is -0.580. The topological polar surface area (TPSA) is 12.9 Å². The van der Waals surface area contributed by atoms with Crippen LogP contribution in [0.25, 0.3) is 0 Å². The molecule has 1 fully saturated rings. The number of rotatable bonds is 1. The van der Waals surface area contributed by atoms with Crippen LogP contribution in [-0.4, -0.2) is 9.81 Å². The summed E-state index contributed by atoms with van der Waals surface area (Å²) in [5.41, 5.74) is -0.192. The lowest BCUT2D eigenvalue weighted by atomic mass is 9.89. The normalized spacial score (nSPS) is 25.8. The minimum atomic E-state index is -4.29. The van der Waals surface area contributed by atoms with E-state index in [1.165, 1.54) is 12.4 Å². The van der Waals surface area contributed by atoms with Gasteiger partial charge in [-0.1, -0.05) is 35.2 Å². The van der Waals surface area contributed by atoms with Crippen molar-refractivity contribution in [3.8, 4) is 0 Å². The van der Waals surface area contributed by atoms with Crippen LogP contribution in [0.1, 0.15) is 49.1 Å². The average molecular weight is 322 g/mol. The van der Waals surface area contributed by atoms with Gasteiger partial charge in [-0.15, -0.1) is 0 Å². The maximum Gasteiger partial charge on any atom is 0.416 e. The zero-order chi connectivity index (χ0) is 13.2. The molecule has 0 N–H and O–H groups in total. The standard InChI is InChI=1S/C13H15BrF3N/c14-12-5-3-1-2-4-9(12)10-8-18-7-6-11(10)13(15,16)17/h6-9,12H,1-5H2. The van der Waals surface area contributed by atoms with Crippen LogP contribution < -0.4 is 0 Å². The third-order valence-corrected chi connectivity index (χ3v) is 4.58. The minimum Gasteiger partial charge on any atom is -0.264 e. The Morgan fingerprint density at radius 1 is 1.17 bits per heavy atom. The van der Waals surface area contributed by atoms with Crippen LogP contribution in [0.3, 0.4) is 0 Å². The molecule has 1 nitrogen and oxygen atoms in total. The molecule has 1 aromatic rings. The van der Waals surface area contributed by atoms with E-state index in [1.54, 1.807) is 0 Å². The van der Waals surface area contributed by atoms with Gasteiger partial charge in [0.25, 0.3) is 0 Å². The van der Waals surface area contributed by atoms with E-state index in [0.717, 1.165) is 38.2 Å². The van der Waals surface area contributed by atoms with Gasteiger partial charge in [-0.05, 0) is 30.4 Å². The second-order valence-electron chi connectivity index (χ2n) is 4.72. The number of hydrogen-bond donors (Lipinski definition) is 0. The Bertz CT molecular complexity index is 405. The fraction of sp³-hybridized carbons (Fsp3) is 0.615. The molecule has 0 bridgehead atoms. The van der Waals surface area contributed by atoms with E-state index >= 15 is 0 Å². The first-order chi connectivity index (χ1) is 8.50.